The van der Waals surface area contributed by atoms with Gasteiger partial charge in [0.15, 0.2) is 0 Å². The average Bonchev–Trinajstić information content (AvgIpc) is 2.84. The number of nitrogens with zero attached hydrogens (tertiary/aromatic N) is 3. The minimum atomic E-state index is 0.178. The third-order valence-electron chi connectivity index (χ3n) is 3.13. The third kappa shape index (κ3) is 2.54. The first-order valence-corrected chi connectivity index (χ1v) is 7.03. The molecule has 5 heteroatoms. The normalized spacial score (nSPS) is 22.2. The SMILES string of the molecule is CCCC(C)n1nccc1N1CC(Br)CC1=O. The molecule has 1 aromatic heterocycles. The summed E-state index contributed by atoms with van der Waals surface area (Å²) in [6.07, 6.45) is 4.55. The summed E-state index contributed by atoms with van der Waals surface area (Å²) in [5, 5.41) is 4.35. The van der Waals surface area contributed by atoms with Crippen molar-refractivity contribution < 1.29 is 4.79 Å². The summed E-state index contributed by atoms with van der Waals surface area (Å²) in [6, 6.07) is 2.27. The summed E-state index contributed by atoms with van der Waals surface area (Å²) in [4.78, 5) is 14.0. The molecule has 17 heavy (non-hydrogen) atoms. The van der Waals surface area contributed by atoms with E-state index in [1.165, 1.54) is 0 Å². The minimum Gasteiger partial charge on any atom is -0.296 e. The summed E-state index contributed by atoms with van der Waals surface area (Å²) >= 11 is 3.50. The van der Waals surface area contributed by atoms with Gasteiger partial charge in [0.05, 0.1) is 12.2 Å². The van der Waals surface area contributed by atoms with Gasteiger partial charge in [-0.25, -0.2) is 4.68 Å². The molecule has 0 radical (unpaired) electrons. The van der Waals surface area contributed by atoms with Crippen molar-refractivity contribution in [2.45, 2.75) is 44.0 Å². The Hall–Kier alpha value is -0.840. The second-order valence-electron chi connectivity index (χ2n) is 4.58. The number of hydrogen-bond acceptors (Lipinski definition) is 2. The van der Waals surface area contributed by atoms with Crippen LogP contribution in [0.1, 0.15) is 39.2 Å². The predicted molar refractivity (Wildman–Crippen MR) is 71.5 cm³/mol. The molecule has 0 spiro atoms. The molecular formula is C12H18BrN3O. The van der Waals surface area contributed by atoms with E-state index in [1.807, 2.05) is 15.6 Å². The van der Waals surface area contributed by atoms with Crippen LogP contribution in [0, 0.1) is 0 Å². The van der Waals surface area contributed by atoms with Crippen LogP contribution < -0.4 is 4.90 Å². The molecule has 0 aliphatic carbocycles. The molecule has 1 aliphatic heterocycles. The lowest BCUT2D eigenvalue weighted by Gasteiger charge is -2.21. The van der Waals surface area contributed by atoms with E-state index < -0.39 is 0 Å². The van der Waals surface area contributed by atoms with Crippen LogP contribution in [0.15, 0.2) is 12.3 Å². The molecule has 0 saturated carbocycles. The monoisotopic (exact) mass is 299 g/mol. The Bertz CT molecular complexity index is 404. The smallest absolute Gasteiger partial charge is 0.229 e. The molecule has 1 amide bonds. The van der Waals surface area contributed by atoms with Crippen molar-refractivity contribution in [1.29, 1.82) is 0 Å². The number of aromatic nitrogens is 2. The maximum absolute atomic E-state index is 11.9. The minimum absolute atomic E-state index is 0.178. The molecular weight excluding hydrogens is 282 g/mol. The van der Waals surface area contributed by atoms with Gasteiger partial charge < -0.3 is 0 Å². The van der Waals surface area contributed by atoms with Gasteiger partial charge in [0.25, 0.3) is 0 Å². The summed E-state index contributed by atoms with van der Waals surface area (Å²) in [6.45, 7) is 5.05. The molecule has 1 saturated heterocycles. The van der Waals surface area contributed by atoms with Crippen LogP contribution in [0.4, 0.5) is 5.82 Å². The van der Waals surface area contributed by atoms with Crippen molar-refractivity contribution in [3.63, 3.8) is 0 Å². The Morgan fingerprint density at radius 2 is 2.41 bits per heavy atom. The van der Waals surface area contributed by atoms with Gasteiger partial charge in [0.2, 0.25) is 5.91 Å². The zero-order valence-electron chi connectivity index (χ0n) is 10.3. The Balaban J connectivity index is 2.21. The molecule has 4 nitrogen and oxygen atoms in total. The average molecular weight is 300 g/mol. The summed E-state index contributed by atoms with van der Waals surface area (Å²) in [5.74, 6) is 1.11. The van der Waals surface area contributed by atoms with Crippen LogP contribution in [0.3, 0.4) is 0 Å². The zero-order valence-corrected chi connectivity index (χ0v) is 11.9. The Kier molecular flexibility index (Phi) is 3.86. The van der Waals surface area contributed by atoms with Crippen molar-refractivity contribution in [2.24, 2.45) is 0 Å². The van der Waals surface area contributed by atoms with E-state index >= 15 is 0 Å². The van der Waals surface area contributed by atoms with Crippen molar-refractivity contribution >= 4 is 27.7 Å². The molecule has 1 aliphatic rings. The van der Waals surface area contributed by atoms with Crippen LogP contribution in [-0.2, 0) is 4.79 Å². The number of amides is 1. The van der Waals surface area contributed by atoms with E-state index in [2.05, 4.69) is 34.9 Å². The maximum atomic E-state index is 11.9. The number of alkyl halides is 1. The lowest BCUT2D eigenvalue weighted by molar-refractivity contribution is -0.117. The van der Waals surface area contributed by atoms with Gasteiger partial charge in [-0.15, -0.1) is 0 Å². The highest BCUT2D eigenvalue weighted by molar-refractivity contribution is 9.09. The predicted octanol–water partition coefficient (Wildman–Crippen LogP) is 2.74. The lowest BCUT2D eigenvalue weighted by Crippen LogP contribution is -2.28. The van der Waals surface area contributed by atoms with Gasteiger partial charge in [-0.1, -0.05) is 29.3 Å². The molecule has 0 aromatic carbocycles. The lowest BCUT2D eigenvalue weighted by atomic mass is 10.2. The number of anilines is 1. The second-order valence-corrected chi connectivity index (χ2v) is 5.87. The Morgan fingerprint density at radius 3 is 3.00 bits per heavy atom. The highest BCUT2D eigenvalue weighted by Gasteiger charge is 2.31. The summed E-state index contributed by atoms with van der Waals surface area (Å²) < 4.78 is 1.96. The van der Waals surface area contributed by atoms with Gasteiger partial charge in [0, 0.05) is 23.9 Å². The van der Waals surface area contributed by atoms with Crippen molar-refractivity contribution in [3.05, 3.63) is 12.3 Å². The molecule has 0 bridgehead atoms. The fourth-order valence-corrected chi connectivity index (χ4v) is 2.85. The van der Waals surface area contributed by atoms with E-state index in [-0.39, 0.29) is 10.7 Å². The first-order valence-electron chi connectivity index (χ1n) is 6.11. The fraction of sp³-hybridized carbons (Fsp3) is 0.667. The first-order chi connectivity index (χ1) is 8.13. The number of carbonyl (C=O) groups is 1. The number of halogens is 1. The van der Waals surface area contributed by atoms with Gasteiger partial charge in [-0.3, -0.25) is 9.69 Å². The quantitative estimate of drug-likeness (QED) is 0.802. The fourth-order valence-electron chi connectivity index (χ4n) is 2.29. The molecule has 2 unspecified atom stereocenters. The largest absolute Gasteiger partial charge is 0.296 e. The van der Waals surface area contributed by atoms with Crippen molar-refractivity contribution in [2.75, 3.05) is 11.4 Å². The van der Waals surface area contributed by atoms with Gasteiger partial charge in [-0.2, -0.15) is 5.10 Å². The number of rotatable bonds is 4. The topological polar surface area (TPSA) is 38.1 Å². The van der Waals surface area contributed by atoms with Crippen molar-refractivity contribution in [3.8, 4) is 0 Å². The van der Waals surface area contributed by atoms with E-state index in [0.717, 1.165) is 25.2 Å². The number of carbonyl (C=O) groups excluding carboxylic acids is 1. The number of hydrogen-bond donors (Lipinski definition) is 0. The molecule has 1 fully saturated rings. The van der Waals surface area contributed by atoms with Crippen molar-refractivity contribution in [1.82, 2.24) is 9.78 Å². The molecule has 2 heterocycles. The maximum Gasteiger partial charge on any atom is 0.229 e. The Morgan fingerprint density at radius 1 is 1.65 bits per heavy atom. The highest BCUT2D eigenvalue weighted by atomic mass is 79.9. The van der Waals surface area contributed by atoms with E-state index in [9.17, 15) is 4.79 Å². The van der Waals surface area contributed by atoms with Gasteiger partial charge in [0.1, 0.15) is 5.82 Å². The zero-order chi connectivity index (χ0) is 12.4. The van der Waals surface area contributed by atoms with Gasteiger partial charge >= 0.3 is 0 Å². The second kappa shape index (κ2) is 5.21. The molecule has 2 atom stereocenters. The summed E-state index contributed by atoms with van der Waals surface area (Å²) in [7, 11) is 0. The van der Waals surface area contributed by atoms with Crippen LogP contribution in [0.5, 0.6) is 0 Å². The van der Waals surface area contributed by atoms with E-state index in [4.69, 9.17) is 0 Å². The van der Waals surface area contributed by atoms with E-state index in [1.54, 1.807) is 6.20 Å². The van der Waals surface area contributed by atoms with Crippen LogP contribution >= 0.6 is 15.9 Å². The third-order valence-corrected chi connectivity index (χ3v) is 3.74. The van der Waals surface area contributed by atoms with Crippen LogP contribution in [0.2, 0.25) is 0 Å². The van der Waals surface area contributed by atoms with Crippen LogP contribution in [-0.4, -0.2) is 27.1 Å². The molecule has 1 aromatic rings. The van der Waals surface area contributed by atoms with Gasteiger partial charge in [-0.05, 0) is 13.3 Å². The highest BCUT2D eigenvalue weighted by Crippen LogP contribution is 2.27. The van der Waals surface area contributed by atoms with Crippen LogP contribution in [0.25, 0.3) is 0 Å². The standard InChI is InChI=1S/C12H18BrN3O/c1-3-4-9(2)16-11(5-6-14-16)15-8-10(13)7-12(15)17/h5-6,9-10H,3-4,7-8H2,1-2H3. The van der Waals surface area contributed by atoms with E-state index in [0.29, 0.717) is 12.5 Å². The molecule has 0 N–H and O–H groups in total. The summed E-state index contributed by atoms with van der Waals surface area (Å²) in [5.41, 5.74) is 0. The molecule has 94 valence electrons. The first kappa shape index (κ1) is 12.6. The molecule has 2 rings (SSSR count). The Labute approximate surface area is 110 Å².